The summed E-state index contributed by atoms with van der Waals surface area (Å²) in [5, 5.41) is 0. The molecular formula is C16H29N2+. The first-order chi connectivity index (χ1) is 8.86. The van der Waals surface area contributed by atoms with Crippen molar-refractivity contribution in [2.24, 2.45) is 5.73 Å². The molecule has 2 nitrogen and oxygen atoms in total. The average molecular weight is 249 g/mol. The molecule has 0 amide bonds. The molecule has 0 aliphatic heterocycles. The van der Waals surface area contributed by atoms with Gasteiger partial charge in [-0.3, -0.25) is 0 Å². The minimum Gasteiger partial charge on any atom is -0.326 e. The van der Waals surface area contributed by atoms with Gasteiger partial charge in [0.1, 0.15) is 6.54 Å². The maximum atomic E-state index is 5.58. The van der Waals surface area contributed by atoms with E-state index in [4.69, 9.17) is 5.73 Å². The highest BCUT2D eigenvalue weighted by Gasteiger charge is 2.00. The molecule has 0 bridgehead atoms. The summed E-state index contributed by atoms with van der Waals surface area (Å²) in [6.07, 6.45) is 15.3. The first-order valence-electron chi connectivity index (χ1n) is 7.55. The zero-order valence-electron chi connectivity index (χ0n) is 11.9. The van der Waals surface area contributed by atoms with Crippen LogP contribution in [0.2, 0.25) is 0 Å². The third kappa shape index (κ3) is 6.75. The highest BCUT2D eigenvalue weighted by molar-refractivity contribution is 5.05. The van der Waals surface area contributed by atoms with E-state index in [0.717, 1.165) is 6.54 Å². The number of pyridine rings is 1. The number of hydrogen-bond donors (Lipinski definition) is 1. The van der Waals surface area contributed by atoms with Gasteiger partial charge in [-0.05, 0) is 12.0 Å². The van der Waals surface area contributed by atoms with Gasteiger partial charge in [0.2, 0.25) is 0 Å². The van der Waals surface area contributed by atoms with Gasteiger partial charge in [0, 0.05) is 25.1 Å². The Hall–Kier alpha value is -0.890. The summed E-state index contributed by atoms with van der Waals surface area (Å²) in [5.41, 5.74) is 6.79. The van der Waals surface area contributed by atoms with Gasteiger partial charge in [-0.25, -0.2) is 4.57 Å². The molecule has 18 heavy (non-hydrogen) atoms. The second kappa shape index (κ2) is 10.1. The van der Waals surface area contributed by atoms with Gasteiger partial charge in [-0.1, -0.05) is 45.4 Å². The van der Waals surface area contributed by atoms with Crippen molar-refractivity contribution >= 4 is 0 Å². The number of aryl methyl sites for hydroxylation is 1. The summed E-state index contributed by atoms with van der Waals surface area (Å²) in [5.74, 6) is 0. The Bertz CT molecular complexity index is 292. The van der Waals surface area contributed by atoms with E-state index in [9.17, 15) is 0 Å². The fourth-order valence-electron chi connectivity index (χ4n) is 2.20. The van der Waals surface area contributed by atoms with E-state index < -0.39 is 0 Å². The Morgan fingerprint density at radius 2 is 1.44 bits per heavy atom. The maximum absolute atomic E-state index is 5.58. The van der Waals surface area contributed by atoms with Crippen LogP contribution in [-0.2, 0) is 13.1 Å². The van der Waals surface area contributed by atoms with Crippen molar-refractivity contribution in [3.63, 3.8) is 0 Å². The highest BCUT2D eigenvalue weighted by Crippen LogP contribution is 2.08. The van der Waals surface area contributed by atoms with Crippen LogP contribution in [0.1, 0.15) is 63.9 Å². The van der Waals surface area contributed by atoms with Crippen molar-refractivity contribution in [3.05, 3.63) is 30.1 Å². The predicted molar refractivity (Wildman–Crippen MR) is 77.1 cm³/mol. The molecule has 0 unspecified atom stereocenters. The zero-order valence-corrected chi connectivity index (χ0v) is 11.9. The number of hydrogen-bond acceptors (Lipinski definition) is 1. The second-order valence-electron chi connectivity index (χ2n) is 5.12. The van der Waals surface area contributed by atoms with Crippen molar-refractivity contribution in [2.45, 2.75) is 71.4 Å². The van der Waals surface area contributed by atoms with Crippen LogP contribution in [0, 0.1) is 0 Å². The molecule has 0 fully saturated rings. The van der Waals surface area contributed by atoms with Gasteiger partial charge in [0.15, 0.2) is 12.4 Å². The Kier molecular flexibility index (Phi) is 8.49. The standard InChI is InChI=1S/C16H29N2/c1-2-3-4-5-6-7-8-9-12-18-13-10-16(15-17)11-14-18/h10-11,13-14H,2-9,12,15,17H2,1H3/q+1. The predicted octanol–water partition coefficient (Wildman–Crippen LogP) is 3.57. The molecule has 0 aromatic carbocycles. The summed E-state index contributed by atoms with van der Waals surface area (Å²) >= 11 is 0. The minimum absolute atomic E-state index is 0.638. The van der Waals surface area contributed by atoms with Crippen molar-refractivity contribution in [2.75, 3.05) is 0 Å². The van der Waals surface area contributed by atoms with Crippen LogP contribution < -0.4 is 10.3 Å². The van der Waals surface area contributed by atoms with Crippen molar-refractivity contribution in [1.29, 1.82) is 0 Å². The Balaban J connectivity index is 2.00. The molecule has 0 saturated heterocycles. The molecule has 0 aliphatic carbocycles. The van der Waals surface area contributed by atoms with E-state index >= 15 is 0 Å². The van der Waals surface area contributed by atoms with Gasteiger partial charge < -0.3 is 5.73 Å². The monoisotopic (exact) mass is 249 g/mol. The molecule has 102 valence electrons. The summed E-state index contributed by atoms with van der Waals surface area (Å²) in [4.78, 5) is 0. The largest absolute Gasteiger partial charge is 0.326 e. The molecule has 1 aromatic rings. The Labute approximate surface area is 112 Å². The zero-order chi connectivity index (χ0) is 13.1. The lowest BCUT2D eigenvalue weighted by atomic mass is 10.1. The van der Waals surface area contributed by atoms with E-state index in [1.807, 2.05) is 0 Å². The fourth-order valence-corrected chi connectivity index (χ4v) is 2.20. The Morgan fingerprint density at radius 1 is 0.889 bits per heavy atom. The lowest BCUT2D eigenvalue weighted by Gasteiger charge is -2.00. The van der Waals surface area contributed by atoms with Crippen LogP contribution in [0.25, 0.3) is 0 Å². The highest BCUT2D eigenvalue weighted by atomic mass is 14.9. The van der Waals surface area contributed by atoms with E-state index in [0.29, 0.717) is 6.54 Å². The minimum atomic E-state index is 0.638. The molecule has 0 aliphatic rings. The van der Waals surface area contributed by atoms with E-state index in [-0.39, 0.29) is 0 Å². The molecule has 1 heterocycles. The molecule has 0 spiro atoms. The second-order valence-corrected chi connectivity index (χ2v) is 5.12. The summed E-state index contributed by atoms with van der Waals surface area (Å²) in [6.45, 7) is 4.05. The van der Waals surface area contributed by atoms with Crippen molar-refractivity contribution in [1.82, 2.24) is 0 Å². The SMILES string of the molecule is CCCCCCCCCC[n+]1ccc(CN)cc1. The molecular weight excluding hydrogens is 220 g/mol. The van der Waals surface area contributed by atoms with Gasteiger partial charge in [0.05, 0.1) is 0 Å². The lowest BCUT2D eigenvalue weighted by molar-refractivity contribution is -0.697. The van der Waals surface area contributed by atoms with E-state index in [1.54, 1.807) is 0 Å². The van der Waals surface area contributed by atoms with Crippen molar-refractivity contribution < 1.29 is 4.57 Å². The van der Waals surface area contributed by atoms with Crippen LogP contribution >= 0.6 is 0 Å². The van der Waals surface area contributed by atoms with Crippen LogP contribution in [0.15, 0.2) is 24.5 Å². The molecule has 1 aromatic heterocycles. The van der Waals surface area contributed by atoms with Crippen LogP contribution in [-0.4, -0.2) is 0 Å². The normalized spacial score (nSPS) is 10.8. The van der Waals surface area contributed by atoms with Gasteiger partial charge in [0.25, 0.3) is 0 Å². The smallest absolute Gasteiger partial charge is 0.169 e. The molecule has 0 atom stereocenters. The summed E-state index contributed by atoms with van der Waals surface area (Å²) in [7, 11) is 0. The van der Waals surface area contributed by atoms with Gasteiger partial charge >= 0.3 is 0 Å². The molecule has 0 saturated carbocycles. The van der Waals surface area contributed by atoms with Crippen LogP contribution in [0.5, 0.6) is 0 Å². The summed E-state index contributed by atoms with van der Waals surface area (Å²) < 4.78 is 2.26. The molecule has 1 rings (SSSR count). The third-order valence-corrected chi connectivity index (χ3v) is 3.47. The molecule has 0 radical (unpaired) electrons. The van der Waals surface area contributed by atoms with E-state index in [1.165, 1.54) is 56.9 Å². The van der Waals surface area contributed by atoms with Crippen molar-refractivity contribution in [3.8, 4) is 0 Å². The number of aromatic nitrogens is 1. The Morgan fingerprint density at radius 3 is 2.00 bits per heavy atom. The topological polar surface area (TPSA) is 29.9 Å². The van der Waals surface area contributed by atoms with Crippen LogP contribution in [0.3, 0.4) is 0 Å². The fraction of sp³-hybridized carbons (Fsp3) is 0.688. The van der Waals surface area contributed by atoms with Gasteiger partial charge in [-0.15, -0.1) is 0 Å². The number of unbranched alkanes of at least 4 members (excludes halogenated alkanes) is 7. The average Bonchev–Trinajstić information content (AvgIpc) is 2.42. The first kappa shape index (κ1) is 15.2. The quantitative estimate of drug-likeness (QED) is 0.498. The lowest BCUT2D eigenvalue weighted by Crippen LogP contribution is -2.32. The molecule has 2 N–H and O–H groups in total. The number of nitrogens with zero attached hydrogens (tertiary/aromatic N) is 1. The molecule has 2 heteroatoms. The number of rotatable bonds is 10. The van der Waals surface area contributed by atoms with Gasteiger partial charge in [-0.2, -0.15) is 0 Å². The maximum Gasteiger partial charge on any atom is 0.169 e. The number of nitrogens with two attached hydrogens (primary N) is 1. The van der Waals surface area contributed by atoms with Crippen LogP contribution in [0.4, 0.5) is 0 Å². The third-order valence-electron chi connectivity index (χ3n) is 3.47. The first-order valence-corrected chi connectivity index (χ1v) is 7.55. The van der Waals surface area contributed by atoms with E-state index in [2.05, 4.69) is 36.0 Å². The summed E-state index contributed by atoms with van der Waals surface area (Å²) in [6, 6.07) is 4.23.